The minimum absolute atomic E-state index is 0.0730. The van der Waals surface area contributed by atoms with Crippen molar-refractivity contribution >= 4 is 46.0 Å². The number of nitrogens with two attached hydrogens (primary N) is 1. The summed E-state index contributed by atoms with van der Waals surface area (Å²) in [6.07, 6.45) is 8.60. The predicted octanol–water partition coefficient (Wildman–Crippen LogP) is 5.91. The number of aromatic carboxylic acids is 1. The number of nitrogens with zero attached hydrogens (tertiary/aromatic N) is 1. The fourth-order valence-corrected chi connectivity index (χ4v) is 7.15. The average molecular weight is 563 g/mol. The van der Waals surface area contributed by atoms with Gasteiger partial charge in [0.2, 0.25) is 5.91 Å². The molecule has 8 nitrogen and oxygen atoms in total. The van der Waals surface area contributed by atoms with Gasteiger partial charge in [-0.15, -0.1) is 0 Å². The molecule has 0 radical (unpaired) electrons. The Balaban J connectivity index is 1.31. The van der Waals surface area contributed by atoms with Gasteiger partial charge in [-0.1, -0.05) is 43.7 Å². The summed E-state index contributed by atoms with van der Waals surface area (Å²) in [5.41, 5.74) is 9.83. The normalized spacial score (nSPS) is 21.6. The molecule has 3 fully saturated rings. The Labute approximate surface area is 238 Å². The molecule has 1 aromatic heterocycles. The lowest BCUT2D eigenvalue weighted by molar-refractivity contribution is -0.121. The Kier molecular flexibility index (Phi) is 7.31. The molecule has 2 aromatic carbocycles. The minimum Gasteiger partial charge on any atom is -0.477 e. The maximum atomic E-state index is 14.1. The molecule has 1 aliphatic heterocycles. The van der Waals surface area contributed by atoms with E-state index in [9.17, 15) is 19.5 Å². The van der Waals surface area contributed by atoms with Gasteiger partial charge in [0.05, 0.1) is 10.6 Å². The number of hydrogen-bond acceptors (Lipinski definition) is 4. The molecule has 3 aromatic rings. The van der Waals surface area contributed by atoms with Gasteiger partial charge in [0.15, 0.2) is 0 Å². The number of carbonyl (C=O) groups excluding carboxylic acids is 2. The molecule has 0 spiro atoms. The van der Waals surface area contributed by atoms with E-state index >= 15 is 0 Å². The van der Waals surface area contributed by atoms with Crippen LogP contribution in [0.25, 0.3) is 10.9 Å². The maximum Gasteiger partial charge on any atom is 0.352 e. The van der Waals surface area contributed by atoms with Gasteiger partial charge in [0.25, 0.3) is 5.91 Å². The minimum atomic E-state index is -1.04. The summed E-state index contributed by atoms with van der Waals surface area (Å²) in [6.45, 7) is 0.878. The van der Waals surface area contributed by atoms with Gasteiger partial charge in [0, 0.05) is 29.7 Å². The SMILES string of the molecule is NCc1cc(Cl)c(C(=O)N2CC[C@@H](C3CCCCC3)[C@H]2C(=O)Nc2ccc3[nH]c(C(=O)O)cc3c2)cc1C1CC1. The Bertz CT molecular complexity index is 1470. The number of halogens is 1. The fourth-order valence-electron chi connectivity index (χ4n) is 6.88. The number of hydrogen-bond donors (Lipinski definition) is 4. The molecule has 2 atom stereocenters. The van der Waals surface area contributed by atoms with Crippen molar-refractivity contribution in [2.45, 2.75) is 69.9 Å². The summed E-state index contributed by atoms with van der Waals surface area (Å²) >= 11 is 6.65. The van der Waals surface area contributed by atoms with E-state index in [1.165, 1.54) is 6.42 Å². The van der Waals surface area contributed by atoms with Crippen molar-refractivity contribution in [1.82, 2.24) is 9.88 Å². The van der Waals surface area contributed by atoms with E-state index in [1.807, 2.05) is 12.1 Å². The van der Waals surface area contributed by atoms with Crippen molar-refractivity contribution in [3.63, 3.8) is 0 Å². The van der Waals surface area contributed by atoms with Crippen molar-refractivity contribution in [3.8, 4) is 0 Å². The maximum absolute atomic E-state index is 14.1. The first kappa shape index (κ1) is 26.8. The van der Waals surface area contributed by atoms with Gasteiger partial charge in [-0.2, -0.15) is 0 Å². The molecule has 5 N–H and O–H groups in total. The first-order valence-electron chi connectivity index (χ1n) is 14.3. The van der Waals surface area contributed by atoms with Crippen LogP contribution in [0.1, 0.15) is 89.3 Å². The number of benzene rings is 2. The molecule has 2 saturated carbocycles. The molecule has 9 heteroatoms. The Morgan fingerprint density at radius 2 is 1.80 bits per heavy atom. The second-order valence-corrected chi connectivity index (χ2v) is 12.0. The molecule has 0 unspecified atom stereocenters. The summed E-state index contributed by atoms with van der Waals surface area (Å²) in [6, 6.07) is 9.94. The van der Waals surface area contributed by atoms with Crippen LogP contribution in [0.2, 0.25) is 5.02 Å². The van der Waals surface area contributed by atoms with Crippen molar-refractivity contribution in [3.05, 3.63) is 63.8 Å². The lowest BCUT2D eigenvalue weighted by atomic mass is 9.76. The van der Waals surface area contributed by atoms with Crippen LogP contribution in [0.15, 0.2) is 36.4 Å². The number of amides is 2. The van der Waals surface area contributed by atoms with Gasteiger partial charge in [-0.05, 0) is 84.5 Å². The van der Waals surface area contributed by atoms with E-state index in [0.717, 1.165) is 56.1 Å². The van der Waals surface area contributed by atoms with Crippen LogP contribution in [0.5, 0.6) is 0 Å². The van der Waals surface area contributed by atoms with Gasteiger partial charge in [0.1, 0.15) is 11.7 Å². The van der Waals surface area contributed by atoms with Crippen LogP contribution in [-0.2, 0) is 11.3 Å². The van der Waals surface area contributed by atoms with Crippen LogP contribution >= 0.6 is 11.6 Å². The van der Waals surface area contributed by atoms with E-state index in [4.69, 9.17) is 17.3 Å². The Morgan fingerprint density at radius 1 is 1.02 bits per heavy atom. The first-order valence-corrected chi connectivity index (χ1v) is 14.7. The van der Waals surface area contributed by atoms with Crippen LogP contribution in [-0.4, -0.2) is 45.4 Å². The Hall–Kier alpha value is -3.36. The number of fused-ring (bicyclic) bond motifs is 1. The number of anilines is 1. The summed E-state index contributed by atoms with van der Waals surface area (Å²) in [5, 5.41) is 13.4. The van der Waals surface area contributed by atoms with Gasteiger partial charge in [-0.3, -0.25) is 9.59 Å². The summed E-state index contributed by atoms with van der Waals surface area (Å²) in [7, 11) is 0. The third-order valence-corrected chi connectivity index (χ3v) is 9.36. The molecule has 210 valence electrons. The fraction of sp³-hybridized carbons (Fsp3) is 0.452. The topological polar surface area (TPSA) is 129 Å². The van der Waals surface area contributed by atoms with E-state index in [-0.39, 0.29) is 23.4 Å². The third kappa shape index (κ3) is 5.10. The summed E-state index contributed by atoms with van der Waals surface area (Å²) in [5.74, 6) is -0.582. The molecular weight excluding hydrogens is 528 g/mol. The molecule has 0 bridgehead atoms. The highest BCUT2D eigenvalue weighted by Gasteiger charge is 2.46. The number of rotatable bonds is 7. The van der Waals surface area contributed by atoms with Gasteiger partial charge >= 0.3 is 5.97 Å². The highest BCUT2D eigenvalue weighted by Crippen LogP contribution is 2.44. The molecule has 2 heterocycles. The zero-order valence-electron chi connectivity index (χ0n) is 22.4. The van der Waals surface area contributed by atoms with Crippen LogP contribution in [0, 0.1) is 11.8 Å². The Morgan fingerprint density at radius 3 is 2.50 bits per heavy atom. The van der Waals surface area contributed by atoms with E-state index in [1.54, 1.807) is 29.2 Å². The molecular formula is C31H35ClN4O4. The number of aromatic amines is 1. The van der Waals surface area contributed by atoms with Gasteiger partial charge < -0.3 is 26.0 Å². The quantitative estimate of drug-likeness (QED) is 0.285. The highest BCUT2D eigenvalue weighted by molar-refractivity contribution is 6.34. The number of carbonyl (C=O) groups is 3. The second-order valence-electron chi connectivity index (χ2n) is 11.6. The smallest absolute Gasteiger partial charge is 0.352 e. The number of carboxylic acid groups (broad SMARTS) is 1. The lowest BCUT2D eigenvalue weighted by Crippen LogP contribution is -2.47. The van der Waals surface area contributed by atoms with Crippen molar-refractivity contribution in [2.75, 3.05) is 11.9 Å². The third-order valence-electron chi connectivity index (χ3n) is 9.04. The summed E-state index contributed by atoms with van der Waals surface area (Å²) in [4.78, 5) is 44.0. The molecule has 2 amide bonds. The standard InChI is InChI=1S/C31H35ClN4O4/c32-25-13-20(16-33)23(18-6-7-18)15-24(25)30(38)36-11-10-22(17-4-2-1-3-5-17)28(36)29(37)34-21-8-9-26-19(12-21)14-27(35-26)31(39)40/h8-9,12-15,17-18,22,28,35H,1-7,10-11,16,33H2,(H,34,37)(H,39,40)/t22-,28-/m0/s1. The number of nitrogens with one attached hydrogen (secondary N) is 2. The van der Waals surface area contributed by atoms with Gasteiger partial charge in [-0.25, -0.2) is 4.79 Å². The van der Waals surface area contributed by atoms with Crippen LogP contribution in [0.4, 0.5) is 5.69 Å². The highest BCUT2D eigenvalue weighted by atomic mass is 35.5. The van der Waals surface area contributed by atoms with Crippen molar-refractivity contribution in [1.29, 1.82) is 0 Å². The molecule has 3 aliphatic rings. The van der Waals surface area contributed by atoms with Crippen molar-refractivity contribution < 1.29 is 19.5 Å². The molecule has 6 rings (SSSR count). The second kappa shape index (κ2) is 10.9. The zero-order chi connectivity index (χ0) is 28.0. The van der Waals surface area contributed by atoms with E-state index in [0.29, 0.717) is 52.1 Å². The van der Waals surface area contributed by atoms with Crippen molar-refractivity contribution in [2.24, 2.45) is 17.6 Å². The number of H-pyrrole nitrogens is 1. The zero-order valence-corrected chi connectivity index (χ0v) is 23.2. The molecule has 2 aliphatic carbocycles. The largest absolute Gasteiger partial charge is 0.477 e. The first-order chi connectivity index (χ1) is 19.3. The summed E-state index contributed by atoms with van der Waals surface area (Å²) < 4.78 is 0. The van der Waals surface area contributed by atoms with E-state index < -0.39 is 12.0 Å². The predicted molar refractivity (Wildman–Crippen MR) is 155 cm³/mol. The number of likely N-dealkylation sites (tertiary alicyclic amines) is 1. The molecule has 40 heavy (non-hydrogen) atoms. The molecule has 1 saturated heterocycles. The van der Waals surface area contributed by atoms with Crippen LogP contribution < -0.4 is 11.1 Å². The van der Waals surface area contributed by atoms with Crippen LogP contribution in [0.3, 0.4) is 0 Å². The monoisotopic (exact) mass is 562 g/mol. The van der Waals surface area contributed by atoms with E-state index in [2.05, 4.69) is 10.3 Å². The average Bonchev–Trinajstić information content (AvgIpc) is 3.55. The lowest BCUT2D eigenvalue weighted by Gasteiger charge is -2.33. The number of aromatic nitrogens is 1. The number of carboxylic acids is 1.